The van der Waals surface area contributed by atoms with Gasteiger partial charge in [-0.1, -0.05) is 0 Å². The van der Waals surface area contributed by atoms with Crippen molar-refractivity contribution in [3.8, 4) is 11.5 Å². The summed E-state index contributed by atoms with van der Waals surface area (Å²) in [7, 11) is 1.59. The third-order valence-electron chi connectivity index (χ3n) is 2.57. The van der Waals surface area contributed by atoms with E-state index in [2.05, 4.69) is 4.98 Å². The van der Waals surface area contributed by atoms with Crippen LogP contribution in [0.1, 0.15) is 11.4 Å². The standard InChI is InChI=1S/C14H15FN2O2/c1-9-5-12(18-2)6-10(17-9)8-19-11-3-4-14(16)13(15)7-11/h3-7H,8,16H2,1-2H3. The Kier molecular flexibility index (Phi) is 3.85. The van der Waals surface area contributed by atoms with Crippen LogP contribution in [0.4, 0.5) is 10.1 Å². The van der Waals surface area contributed by atoms with Crippen LogP contribution >= 0.6 is 0 Å². The topological polar surface area (TPSA) is 57.4 Å². The Morgan fingerprint density at radius 2 is 2.00 bits per heavy atom. The molecular formula is C14H15FN2O2. The van der Waals surface area contributed by atoms with Crippen molar-refractivity contribution in [2.24, 2.45) is 0 Å². The quantitative estimate of drug-likeness (QED) is 0.861. The van der Waals surface area contributed by atoms with Gasteiger partial charge in [0.25, 0.3) is 0 Å². The second-order valence-corrected chi connectivity index (χ2v) is 4.11. The van der Waals surface area contributed by atoms with E-state index in [1.54, 1.807) is 19.2 Å². The van der Waals surface area contributed by atoms with Crippen molar-refractivity contribution in [2.75, 3.05) is 12.8 Å². The van der Waals surface area contributed by atoms with Gasteiger partial charge in [0, 0.05) is 23.9 Å². The van der Waals surface area contributed by atoms with Crippen molar-refractivity contribution < 1.29 is 13.9 Å². The highest BCUT2D eigenvalue weighted by Crippen LogP contribution is 2.20. The van der Waals surface area contributed by atoms with E-state index in [4.69, 9.17) is 15.2 Å². The number of hydrogen-bond acceptors (Lipinski definition) is 4. The maximum Gasteiger partial charge on any atom is 0.149 e. The number of pyridine rings is 1. The van der Waals surface area contributed by atoms with Crippen LogP contribution in [0.25, 0.3) is 0 Å². The van der Waals surface area contributed by atoms with Gasteiger partial charge in [-0.3, -0.25) is 4.98 Å². The number of halogens is 1. The van der Waals surface area contributed by atoms with Crippen LogP contribution in [0.2, 0.25) is 0 Å². The van der Waals surface area contributed by atoms with E-state index in [1.807, 2.05) is 13.0 Å². The monoisotopic (exact) mass is 262 g/mol. The number of aryl methyl sites for hydroxylation is 1. The van der Waals surface area contributed by atoms with E-state index in [9.17, 15) is 4.39 Å². The number of aromatic nitrogens is 1. The van der Waals surface area contributed by atoms with E-state index in [0.29, 0.717) is 11.4 Å². The molecule has 0 radical (unpaired) electrons. The number of rotatable bonds is 4. The Hall–Kier alpha value is -2.30. The lowest BCUT2D eigenvalue weighted by atomic mass is 10.3. The molecule has 1 heterocycles. The molecular weight excluding hydrogens is 247 g/mol. The van der Waals surface area contributed by atoms with E-state index in [1.165, 1.54) is 12.1 Å². The van der Waals surface area contributed by atoms with Crippen molar-refractivity contribution in [3.05, 3.63) is 47.5 Å². The van der Waals surface area contributed by atoms with E-state index < -0.39 is 5.82 Å². The van der Waals surface area contributed by atoms with Gasteiger partial charge in [0.1, 0.15) is 23.9 Å². The Balaban J connectivity index is 2.09. The molecule has 0 aliphatic carbocycles. The Morgan fingerprint density at radius 3 is 2.68 bits per heavy atom. The third kappa shape index (κ3) is 3.34. The zero-order valence-electron chi connectivity index (χ0n) is 10.8. The Bertz CT molecular complexity index is 588. The highest BCUT2D eigenvalue weighted by molar-refractivity contribution is 5.43. The molecule has 5 heteroatoms. The Labute approximate surface area is 111 Å². The van der Waals surface area contributed by atoms with Crippen LogP contribution < -0.4 is 15.2 Å². The first-order valence-electron chi connectivity index (χ1n) is 5.78. The van der Waals surface area contributed by atoms with Crippen molar-refractivity contribution >= 4 is 5.69 Å². The number of ether oxygens (including phenoxy) is 2. The van der Waals surface area contributed by atoms with Gasteiger partial charge in [0.05, 0.1) is 18.5 Å². The lowest BCUT2D eigenvalue weighted by Crippen LogP contribution is -2.01. The third-order valence-corrected chi connectivity index (χ3v) is 2.57. The zero-order chi connectivity index (χ0) is 13.8. The molecule has 0 saturated carbocycles. The predicted molar refractivity (Wildman–Crippen MR) is 70.7 cm³/mol. The molecule has 4 nitrogen and oxygen atoms in total. The number of methoxy groups -OCH3 is 1. The van der Waals surface area contributed by atoms with Gasteiger partial charge in [-0.2, -0.15) is 0 Å². The van der Waals surface area contributed by atoms with Crippen LogP contribution in [0.5, 0.6) is 11.5 Å². The van der Waals surface area contributed by atoms with Crippen molar-refractivity contribution in [1.29, 1.82) is 0 Å². The molecule has 0 bridgehead atoms. The van der Waals surface area contributed by atoms with E-state index in [-0.39, 0.29) is 12.3 Å². The molecule has 0 saturated heterocycles. The number of hydrogen-bond donors (Lipinski definition) is 1. The van der Waals surface area contributed by atoms with Crippen LogP contribution in [0.3, 0.4) is 0 Å². The van der Waals surface area contributed by atoms with Gasteiger partial charge < -0.3 is 15.2 Å². The summed E-state index contributed by atoms with van der Waals surface area (Å²) in [5, 5.41) is 0. The minimum absolute atomic E-state index is 0.0997. The number of nitrogen functional groups attached to an aromatic ring is 1. The van der Waals surface area contributed by atoms with Gasteiger partial charge >= 0.3 is 0 Å². The second kappa shape index (κ2) is 5.56. The minimum atomic E-state index is -0.493. The lowest BCUT2D eigenvalue weighted by Gasteiger charge is -2.09. The summed E-state index contributed by atoms with van der Waals surface area (Å²) in [5.74, 6) is 0.635. The van der Waals surface area contributed by atoms with E-state index >= 15 is 0 Å². The molecule has 0 aliphatic heterocycles. The number of anilines is 1. The molecule has 2 aromatic rings. The van der Waals surface area contributed by atoms with Gasteiger partial charge in [-0.25, -0.2) is 4.39 Å². The van der Waals surface area contributed by atoms with Crippen LogP contribution in [-0.2, 0) is 6.61 Å². The lowest BCUT2D eigenvalue weighted by molar-refractivity contribution is 0.298. The van der Waals surface area contributed by atoms with Gasteiger partial charge in [0.15, 0.2) is 0 Å². The summed E-state index contributed by atoms with van der Waals surface area (Å²) in [6.45, 7) is 2.11. The molecule has 0 atom stereocenters. The summed E-state index contributed by atoms with van der Waals surface area (Å²) >= 11 is 0. The van der Waals surface area contributed by atoms with Crippen LogP contribution in [0.15, 0.2) is 30.3 Å². The van der Waals surface area contributed by atoms with Gasteiger partial charge in [-0.15, -0.1) is 0 Å². The largest absolute Gasteiger partial charge is 0.497 e. The first-order valence-corrected chi connectivity index (χ1v) is 5.78. The number of benzene rings is 1. The number of nitrogens with two attached hydrogens (primary N) is 1. The fourth-order valence-electron chi connectivity index (χ4n) is 1.65. The summed E-state index contributed by atoms with van der Waals surface area (Å²) in [4.78, 5) is 4.31. The van der Waals surface area contributed by atoms with Crippen molar-refractivity contribution in [3.63, 3.8) is 0 Å². The summed E-state index contributed by atoms with van der Waals surface area (Å²) < 4.78 is 23.9. The molecule has 2 rings (SSSR count). The smallest absolute Gasteiger partial charge is 0.149 e. The predicted octanol–water partition coefficient (Wildman–Crippen LogP) is 2.70. The molecule has 0 spiro atoms. The summed E-state index contributed by atoms with van der Waals surface area (Å²) in [6, 6.07) is 7.94. The normalized spacial score (nSPS) is 10.3. The van der Waals surface area contributed by atoms with Gasteiger partial charge in [-0.05, 0) is 19.1 Å². The molecule has 2 N–H and O–H groups in total. The average molecular weight is 262 g/mol. The zero-order valence-corrected chi connectivity index (χ0v) is 10.8. The fourth-order valence-corrected chi connectivity index (χ4v) is 1.65. The fraction of sp³-hybridized carbons (Fsp3) is 0.214. The van der Waals surface area contributed by atoms with Crippen LogP contribution in [0, 0.1) is 12.7 Å². The van der Waals surface area contributed by atoms with Crippen LogP contribution in [-0.4, -0.2) is 12.1 Å². The highest BCUT2D eigenvalue weighted by atomic mass is 19.1. The average Bonchev–Trinajstić information content (AvgIpc) is 2.39. The molecule has 0 unspecified atom stereocenters. The summed E-state index contributed by atoms with van der Waals surface area (Å²) in [6.07, 6.45) is 0. The number of nitrogens with zero attached hydrogens (tertiary/aromatic N) is 1. The highest BCUT2D eigenvalue weighted by Gasteiger charge is 2.04. The maximum absolute atomic E-state index is 13.2. The SMILES string of the molecule is COc1cc(C)nc(COc2ccc(N)c(F)c2)c1. The second-order valence-electron chi connectivity index (χ2n) is 4.11. The summed E-state index contributed by atoms with van der Waals surface area (Å²) in [5.41, 5.74) is 7.05. The Morgan fingerprint density at radius 1 is 1.21 bits per heavy atom. The first kappa shape index (κ1) is 13.1. The van der Waals surface area contributed by atoms with Gasteiger partial charge in [0.2, 0.25) is 0 Å². The molecule has 19 heavy (non-hydrogen) atoms. The molecule has 0 aliphatic rings. The first-order chi connectivity index (χ1) is 9.08. The van der Waals surface area contributed by atoms with Crippen molar-refractivity contribution in [2.45, 2.75) is 13.5 Å². The molecule has 1 aromatic carbocycles. The maximum atomic E-state index is 13.2. The van der Waals surface area contributed by atoms with Crippen molar-refractivity contribution in [1.82, 2.24) is 4.98 Å². The van der Waals surface area contributed by atoms with E-state index in [0.717, 1.165) is 11.4 Å². The molecule has 100 valence electrons. The molecule has 1 aromatic heterocycles. The molecule has 0 fully saturated rings. The molecule has 0 amide bonds. The minimum Gasteiger partial charge on any atom is -0.497 e.